The van der Waals surface area contributed by atoms with Gasteiger partial charge in [-0.1, -0.05) is 35.5 Å². The average molecular weight is 387 g/mol. The van der Waals surface area contributed by atoms with Gasteiger partial charge in [0, 0.05) is 38.2 Å². The zero-order valence-corrected chi connectivity index (χ0v) is 16.4. The van der Waals surface area contributed by atoms with Crippen LogP contribution in [0.1, 0.15) is 16.2 Å². The highest BCUT2D eigenvalue weighted by molar-refractivity contribution is 5.95. The van der Waals surface area contributed by atoms with E-state index in [1.165, 1.54) is 0 Å². The summed E-state index contributed by atoms with van der Waals surface area (Å²) in [6.45, 7) is 3.18. The van der Waals surface area contributed by atoms with Crippen LogP contribution in [0.25, 0.3) is 22.5 Å². The SMILES string of the molecule is CNCCN(C)C(=O)c1cccc(-c2cccc(-c3noc(C)n3)c2)c1.Cl. The molecule has 6 nitrogen and oxygen atoms in total. The third-order valence-electron chi connectivity index (χ3n) is 4.14. The van der Waals surface area contributed by atoms with Crippen LogP contribution in [0.15, 0.2) is 53.1 Å². The Morgan fingerprint density at radius 3 is 2.44 bits per heavy atom. The van der Waals surface area contributed by atoms with Gasteiger partial charge in [0.15, 0.2) is 0 Å². The van der Waals surface area contributed by atoms with Gasteiger partial charge in [-0.25, -0.2) is 0 Å². The molecule has 0 unspecified atom stereocenters. The number of carbonyl (C=O) groups excluding carboxylic acids is 1. The third-order valence-corrected chi connectivity index (χ3v) is 4.14. The number of carbonyl (C=O) groups is 1. The molecule has 0 bridgehead atoms. The summed E-state index contributed by atoms with van der Waals surface area (Å²) in [6.07, 6.45) is 0. The van der Waals surface area contributed by atoms with E-state index in [4.69, 9.17) is 4.52 Å². The minimum absolute atomic E-state index is 0. The average Bonchev–Trinajstić information content (AvgIpc) is 3.12. The maximum absolute atomic E-state index is 12.6. The number of nitrogens with one attached hydrogen (secondary N) is 1. The molecule has 3 aromatic rings. The minimum atomic E-state index is 0. The molecule has 1 N–H and O–H groups in total. The third kappa shape index (κ3) is 4.93. The van der Waals surface area contributed by atoms with Crippen molar-refractivity contribution in [2.24, 2.45) is 0 Å². The number of nitrogens with zero attached hydrogens (tertiary/aromatic N) is 3. The Balaban J connectivity index is 0.00000261. The molecule has 0 saturated heterocycles. The lowest BCUT2D eigenvalue weighted by atomic mass is 10.0. The van der Waals surface area contributed by atoms with Crippen LogP contribution in [0, 0.1) is 6.92 Å². The Hall–Kier alpha value is -2.70. The summed E-state index contributed by atoms with van der Waals surface area (Å²) in [4.78, 5) is 18.6. The second kappa shape index (κ2) is 9.30. The van der Waals surface area contributed by atoms with Gasteiger partial charge in [-0.3, -0.25) is 4.79 Å². The van der Waals surface area contributed by atoms with Gasteiger partial charge in [0.05, 0.1) is 0 Å². The van der Waals surface area contributed by atoms with Gasteiger partial charge < -0.3 is 14.7 Å². The van der Waals surface area contributed by atoms with Gasteiger partial charge in [0.25, 0.3) is 5.91 Å². The summed E-state index contributed by atoms with van der Waals surface area (Å²) >= 11 is 0. The number of hydrogen-bond donors (Lipinski definition) is 1. The van der Waals surface area contributed by atoms with Crippen molar-refractivity contribution in [1.29, 1.82) is 0 Å². The summed E-state index contributed by atoms with van der Waals surface area (Å²) in [5.74, 6) is 1.10. The molecule has 0 saturated carbocycles. The molecule has 7 heteroatoms. The predicted octanol–water partition coefficient (Wildman–Crippen LogP) is 3.43. The van der Waals surface area contributed by atoms with Crippen LogP contribution in [0.2, 0.25) is 0 Å². The number of likely N-dealkylation sites (N-methyl/N-ethyl adjacent to an activating group) is 2. The molecule has 0 atom stereocenters. The summed E-state index contributed by atoms with van der Waals surface area (Å²) in [7, 11) is 3.68. The maximum atomic E-state index is 12.6. The second-order valence-corrected chi connectivity index (χ2v) is 6.13. The molecule has 0 spiro atoms. The number of rotatable bonds is 6. The van der Waals surface area contributed by atoms with Crippen molar-refractivity contribution < 1.29 is 9.32 Å². The molecule has 0 radical (unpaired) electrons. The normalized spacial score (nSPS) is 10.3. The van der Waals surface area contributed by atoms with E-state index < -0.39 is 0 Å². The highest BCUT2D eigenvalue weighted by Crippen LogP contribution is 2.25. The second-order valence-electron chi connectivity index (χ2n) is 6.13. The van der Waals surface area contributed by atoms with E-state index in [1.807, 2.05) is 62.6 Å². The van der Waals surface area contributed by atoms with E-state index in [0.29, 0.717) is 23.8 Å². The van der Waals surface area contributed by atoms with Gasteiger partial charge in [0.1, 0.15) is 0 Å². The number of benzene rings is 2. The number of hydrogen-bond acceptors (Lipinski definition) is 5. The van der Waals surface area contributed by atoms with Crippen molar-refractivity contribution in [3.63, 3.8) is 0 Å². The first-order chi connectivity index (χ1) is 12.6. The Bertz CT molecular complexity index is 910. The van der Waals surface area contributed by atoms with Crippen molar-refractivity contribution in [3.05, 3.63) is 60.0 Å². The van der Waals surface area contributed by atoms with E-state index in [0.717, 1.165) is 23.2 Å². The van der Waals surface area contributed by atoms with Gasteiger partial charge in [-0.2, -0.15) is 4.98 Å². The number of halogens is 1. The molecule has 0 fully saturated rings. The zero-order chi connectivity index (χ0) is 18.5. The molecule has 1 heterocycles. The van der Waals surface area contributed by atoms with Crippen LogP contribution in [-0.4, -0.2) is 48.1 Å². The van der Waals surface area contributed by atoms with Crippen molar-refractivity contribution in [1.82, 2.24) is 20.4 Å². The summed E-state index contributed by atoms with van der Waals surface area (Å²) in [5, 5.41) is 7.02. The van der Waals surface area contributed by atoms with Crippen LogP contribution >= 0.6 is 12.4 Å². The molecule has 0 aliphatic rings. The van der Waals surface area contributed by atoms with E-state index >= 15 is 0 Å². The molecule has 2 aromatic carbocycles. The molecule has 3 rings (SSSR count). The molecule has 142 valence electrons. The van der Waals surface area contributed by atoms with Gasteiger partial charge in [-0.05, 0) is 36.4 Å². The Morgan fingerprint density at radius 2 is 1.78 bits per heavy atom. The zero-order valence-electron chi connectivity index (χ0n) is 15.6. The van der Waals surface area contributed by atoms with Crippen LogP contribution in [-0.2, 0) is 0 Å². The first-order valence-corrected chi connectivity index (χ1v) is 8.49. The van der Waals surface area contributed by atoms with E-state index in [9.17, 15) is 4.79 Å². The topological polar surface area (TPSA) is 71.3 Å². The monoisotopic (exact) mass is 386 g/mol. The summed E-state index contributed by atoms with van der Waals surface area (Å²) in [6, 6.07) is 15.5. The highest BCUT2D eigenvalue weighted by atomic mass is 35.5. The number of aromatic nitrogens is 2. The van der Waals surface area contributed by atoms with Crippen LogP contribution in [0.5, 0.6) is 0 Å². The van der Waals surface area contributed by atoms with Crippen molar-refractivity contribution >= 4 is 18.3 Å². The van der Waals surface area contributed by atoms with E-state index in [2.05, 4.69) is 15.5 Å². The van der Waals surface area contributed by atoms with Crippen molar-refractivity contribution in [2.45, 2.75) is 6.92 Å². The van der Waals surface area contributed by atoms with Crippen molar-refractivity contribution in [3.8, 4) is 22.5 Å². The number of amides is 1. The fourth-order valence-electron chi connectivity index (χ4n) is 2.69. The molecule has 27 heavy (non-hydrogen) atoms. The standard InChI is InChI=1S/C20H22N4O2.ClH/c1-14-22-19(23-26-14)17-8-4-6-15(12-17)16-7-5-9-18(13-16)20(25)24(3)11-10-21-2;/h4-9,12-13,21H,10-11H2,1-3H3;1H. The lowest BCUT2D eigenvalue weighted by Crippen LogP contribution is -2.32. The smallest absolute Gasteiger partial charge is 0.253 e. The van der Waals surface area contributed by atoms with Crippen LogP contribution in [0.4, 0.5) is 0 Å². The fraction of sp³-hybridized carbons (Fsp3) is 0.250. The quantitative estimate of drug-likeness (QED) is 0.702. The lowest BCUT2D eigenvalue weighted by molar-refractivity contribution is 0.0797. The van der Waals surface area contributed by atoms with Gasteiger partial charge in [-0.15, -0.1) is 12.4 Å². The van der Waals surface area contributed by atoms with E-state index in [1.54, 1.807) is 11.8 Å². The van der Waals surface area contributed by atoms with Gasteiger partial charge in [0.2, 0.25) is 11.7 Å². The first-order valence-electron chi connectivity index (χ1n) is 8.49. The molecule has 1 aromatic heterocycles. The Morgan fingerprint density at radius 1 is 1.11 bits per heavy atom. The van der Waals surface area contributed by atoms with E-state index in [-0.39, 0.29) is 18.3 Å². The Kier molecular flexibility index (Phi) is 7.10. The van der Waals surface area contributed by atoms with Crippen LogP contribution in [0.3, 0.4) is 0 Å². The number of aryl methyl sites for hydroxylation is 1. The molecule has 1 amide bonds. The summed E-state index contributed by atoms with van der Waals surface area (Å²) in [5.41, 5.74) is 3.52. The van der Waals surface area contributed by atoms with Crippen LogP contribution < -0.4 is 5.32 Å². The molecule has 0 aliphatic heterocycles. The first kappa shape index (κ1) is 20.6. The van der Waals surface area contributed by atoms with Crippen molar-refractivity contribution in [2.75, 3.05) is 27.2 Å². The fourth-order valence-corrected chi connectivity index (χ4v) is 2.69. The maximum Gasteiger partial charge on any atom is 0.253 e. The lowest BCUT2D eigenvalue weighted by Gasteiger charge is -2.17. The largest absolute Gasteiger partial charge is 0.340 e. The van der Waals surface area contributed by atoms with Gasteiger partial charge >= 0.3 is 0 Å². The molecular formula is C20H23ClN4O2. The molecular weight excluding hydrogens is 364 g/mol. The minimum Gasteiger partial charge on any atom is -0.340 e. The Labute approximate surface area is 165 Å². The highest BCUT2D eigenvalue weighted by Gasteiger charge is 2.13. The predicted molar refractivity (Wildman–Crippen MR) is 108 cm³/mol. The summed E-state index contributed by atoms with van der Waals surface area (Å²) < 4.78 is 5.06. The molecule has 0 aliphatic carbocycles.